The van der Waals surface area contributed by atoms with Gasteiger partial charge in [0, 0.05) is 6.54 Å². The van der Waals surface area contributed by atoms with E-state index in [2.05, 4.69) is 5.32 Å². The Morgan fingerprint density at radius 1 is 1.15 bits per heavy atom. The summed E-state index contributed by atoms with van der Waals surface area (Å²) in [4.78, 5) is 0.316. The van der Waals surface area contributed by atoms with Crippen LogP contribution in [0.15, 0.2) is 29.2 Å². The van der Waals surface area contributed by atoms with E-state index in [4.69, 9.17) is 0 Å². The number of sulfone groups is 1. The Balaban J connectivity index is 2.98. The molecule has 2 N–H and O–H groups in total. The molecule has 0 heterocycles. The molecule has 0 atom stereocenters. The molecular weight excluding hydrogens is 274 g/mol. The number of aliphatic hydroxyl groups is 1. The molecule has 0 amide bonds. The van der Waals surface area contributed by atoms with Gasteiger partial charge in [0.25, 0.3) is 0 Å². The molecule has 20 heavy (non-hydrogen) atoms. The number of para-hydroxylation sites is 1. The molecular formula is C15H25NO3S. The number of benzene rings is 1. The smallest absolute Gasteiger partial charge is 0.180 e. The second-order valence-electron chi connectivity index (χ2n) is 5.10. The van der Waals surface area contributed by atoms with E-state index in [1.165, 1.54) is 0 Å². The summed E-state index contributed by atoms with van der Waals surface area (Å²) in [7, 11) is -3.27. The Hall–Kier alpha value is -1.07. The van der Waals surface area contributed by atoms with Crippen molar-refractivity contribution in [3.63, 3.8) is 0 Å². The highest BCUT2D eigenvalue weighted by molar-refractivity contribution is 7.91. The Kier molecular flexibility index (Phi) is 6.02. The van der Waals surface area contributed by atoms with Gasteiger partial charge in [-0.3, -0.25) is 0 Å². The molecule has 1 aromatic carbocycles. The second-order valence-corrected chi connectivity index (χ2v) is 7.18. The number of nitrogens with one attached hydrogen (secondary N) is 1. The Labute approximate surface area is 122 Å². The van der Waals surface area contributed by atoms with Crippen LogP contribution in [0.2, 0.25) is 0 Å². The van der Waals surface area contributed by atoms with Crippen molar-refractivity contribution in [2.45, 2.75) is 50.5 Å². The molecule has 0 saturated carbocycles. The Bertz CT molecular complexity index is 522. The van der Waals surface area contributed by atoms with Crippen LogP contribution in [0.1, 0.15) is 40.0 Å². The minimum Gasteiger partial charge on any atom is -0.388 e. The molecule has 1 rings (SSSR count). The summed E-state index contributed by atoms with van der Waals surface area (Å²) in [5, 5.41) is 13.4. The number of rotatable bonds is 8. The van der Waals surface area contributed by atoms with Crippen LogP contribution in [0.25, 0.3) is 0 Å². The van der Waals surface area contributed by atoms with Crippen molar-refractivity contribution >= 4 is 15.5 Å². The van der Waals surface area contributed by atoms with Crippen LogP contribution in [-0.4, -0.2) is 31.4 Å². The highest BCUT2D eigenvalue weighted by atomic mass is 32.2. The quantitative estimate of drug-likeness (QED) is 0.774. The van der Waals surface area contributed by atoms with Gasteiger partial charge in [-0.15, -0.1) is 0 Å². The maximum atomic E-state index is 12.2. The van der Waals surface area contributed by atoms with Crippen molar-refractivity contribution in [1.82, 2.24) is 0 Å². The van der Waals surface area contributed by atoms with E-state index in [-0.39, 0.29) is 5.75 Å². The summed E-state index contributed by atoms with van der Waals surface area (Å²) in [6.45, 7) is 6.04. The highest BCUT2D eigenvalue weighted by Gasteiger charge is 2.23. The third-order valence-corrected chi connectivity index (χ3v) is 5.59. The van der Waals surface area contributed by atoms with Crippen molar-refractivity contribution in [3.05, 3.63) is 24.3 Å². The molecule has 0 fully saturated rings. The van der Waals surface area contributed by atoms with E-state index in [9.17, 15) is 13.5 Å². The fourth-order valence-electron chi connectivity index (χ4n) is 2.02. The zero-order chi connectivity index (χ0) is 15.2. The SMILES string of the molecule is CCCS(=O)(=O)c1ccccc1NCC(O)(CC)CC. The van der Waals surface area contributed by atoms with E-state index < -0.39 is 15.4 Å². The fourth-order valence-corrected chi connectivity index (χ4v) is 3.54. The van der Waals surface area contributed by atoms with Gasteiger partial charge >= 0.3 is 0 Å². The van der Waals surface area contributed by atoms with Gasteiger partial charge in [-0.05, 0) is 31.4 Å². The van der Waals surface area contributed by atoms with E-state index >= 15 is 0 Å². The first-order chi connectivity index (χ1) is 9.38. The molecule has 0 bridgehead atoms. The first-order valence-corrected chi connectivity index (χ1v) is 8.81. The van der Waals surface area contributed by atoms with Gasteiger partial charge in [0.05, 0.1) is 21.9 Å². The standard InChI is InChI=1S/C15H25NO3S/c1-4-11-20(18,19)14-10-8-7-9-13(14)16-12-15(17,5-2)6-3/h7-10,16-17H,4-6,11-12H2,1-3H3. The normalized spacial score (nSPS) is 12.4. The van der Waals surface area contributed by atoms with Crippen LogP contribution in [0.4, 0.5) is 5.69 Å². The van der Waals surface area contributed by atoms with E-state index in [0.29, 0.717) is 36.4 Å². The molecule has 0 unspecified atom stereocenters. The largest absolute Gasteiger partial charge is 0.388 e. The molecule has 114 valence electrons. The Morgan fingerprint density at radius 2 is 1.75 bits per heavy atom. The molecule has 0 aromatic heterocycles. The minimum atomic E-state index is -3.27. The fraction of sp³-hybridized carbons (Fsp3) is 0.600. The van der Waals surface area contributed by atoms with Crippen molar-refractivity contribution in [3.8, 4) is 0 Å². The number of hydrogen-bond acceptors (Lipinski definition) is 4. The average molecular weight is 299 g/mol. The molecule has 4 nitrogen and oxygen atoms in total. The molecule has 1 aromatic rings. The summed E-state index contributed by atoms with van der Waals surface area (Å²) >= 11 is 0. The lowest BCUT2D eigenvalue weighted by Gasteiger charge is -2.26. The molecule has 0 saturated heterocycles. The van der Waals surface area contributed by atoms with Crippen LogP contribution in [0.3, 0.4) is 0 Å². The van der Waals surface area contributed by atoms with Gasteiger partial charge in [-0.25, -0.2) is 8.42 Å². The highest BCUT2D eigenvalue weighted by Crippen LogP contribution is 2.24. The lowest BCUT2D eigenvalue weighted by atomic mass is 9.97. The predicted octanol–water partition coefficient (Wildman–Crippen LogP) is 2.83. The first kappa shape index (κ1) is 17.0. The summed E-state index contributed by atoms with van der Waals surface area (Å²) in [6, 6.07) is 6.88. The lowest BCUT2D eigenvalue weighted by Crippen LogP contribution is -2.35. The van der Waals surface area contributed by atoms with Crippen LogP contribution in [0, 0.1) is 0 Å². The first-order valence-electron chi connectivity index (χ1n) is 7.16. The molecule has 0 aliphatic carbocycles. The van der Waals surface area contributed by atoms with Gasteiger partial charge in [0.2, 0.25) is 0 Å². The van der Waals surface area contributed by atoms with Gasteiger partial charge < -0.3 is 10.4 Å². The third kappa shape index (κ3) is 4.21. The van der Waals surface area contributed by atoms with Gasteiger partial charge in [-0.2, -0.15) is 0 Å². The van der Waals surface area contributed by atoms with Crippen molar-refractivity contribution in [1.29, 1.82) is 0 Å². The molecule has 5 heteroatoms. The van der Waals surface area contributed by atoms with Crippen molar-refractivity contribution < 1.29 is 13.5 Å². The Morgan fingerprint density at radius 3 is 2.30 bits per heavy atom. The maximum Gasteiger partial charge on any atom is 0.180 e. The van der Waals surface area contributed by atoms with E-state index in [1.807, 2.05) is 20.8 Å². The predicted molar refractivity (Wildman–Crippen MR) is 82.8 cm³/mol. The average Bonchev–Trinajstić information content (AvgIpc) is 2.45. The number of hydrogen-bond donors (Lipinski definition) is 2. The molecule has 0 radical (unpaired) electrons. The lowest BCUT2D eigenvalue weighted by molar-refractivity contribution is 0.0456. The van der Waals surface area contributed by atoms with Crippen LogP contribution in [-0.2, 0) is 9.84 Å². The summed E-state index contributed by atoms with van der Waals surface area (Å²) in [5.41, 5.74) is -0.233. The topological polar surface area (TPSA) is 66.4 Å². The van der Waals surface area contributed by atoms with Gasteiger partial charge in [0.1, 0.15) is 0 Å². The zero-order valence-electron chi connectivity index (χ0n) is 12.5. The molecule has 0 aliphatic rings. The summed E-state index contributed by atoms with van der Waals surface area (Å²) < 4.78 is 24.4. The van der Waals surface area contributed by atoms with Crippen LogP contribution >= 0.6 is 0 Å². The van der Waals surface area contributed by atoms with E-state index in [0.717, 1.165) is 0 Å². The number of anilines is 1. The van der Waals surface area contributed by atoms with E-state index in [1.54, 1.807) is 24.3 Å². The molecule has 0 spiro atoms. The maximum absolute atomic E-state index is 12.2. The zero-order valence-corrected chi connectivity index (χ0v) is 13.3. The van der Waals surface area contributed by atoms with Crippen LogP contribution < -0.4 is 5.32 Å². The van der Waals surface area contributed by atoms with Gasteiger partial charge in [-0.1, -0.05) is 32.9 Å². The third-order valence-electron chi connectivity index (χ3n) is 3.62. The van der Waals surface area contributed by atoms with Gasteiger partial charge in [0.15, 0.2) is 9.84 Å². The van der Waals surface area contributed by atoms with Crippen molar-refractivity contribution in [2.75, 3.05) is 17.6 Å². The summed E-state index contributed by atoms with van der Waals surface area (Å²) in [6.07, 6.45) is 1.84. The summed E-state index contributed by atoms with van der Waals surface area (Å²) in [5.74, 6) is 0.136. The minimum absolute atomic E-state index is 0.136. The second kappa shape index (κ2) is 7.09. The van der Waals surface area contributed by atoms with Crippen LogP contribution in [0.5, 0.6) is 0 Å². The monoisotopic (exact) mass is 299 g/mol. The molecule has 0 aliphatic heterocycles. The van der Waals surface area contributed by atoms with Crippen molar-refractivity contribution in [2.24, 2.45) is 0 Å².